The summed E-state index contributed by atoms with van der Waals surface area (Å²) in [7, 11) is 1.61. The van der Waals surface area contributed by atoms with Crippen LogP contribution >= 0.6 is 27.7 Å². The van der Waals surface area contributed by atoms with Gasteiger partial charge < -0.3 is 19.9 Å². The van der Waals surface area contributed by atoms with E-state index in [1.165, 1.54) is 6.20 Å². The second kappa shape index (κ2) is 7.41. The summed E-state index contributed by atoms with van der Waals surface area (Å²) in [5.74, 6) is 1.19. The number of rotatable bonds is 7. The normalized spacial score (nSPS) is 11.9. The smallest absolute Gasteiger partial charge is 0.245 e. The largest absolute Gasteiger partial charge is 0.496 e. The first-order valence-electron chi connectivity index (χ1n) is 5.85. The van der Waals surface area contributed by atoms with Gasteiger partial charge in [-0.1, -0.05) is 0 Å². The number of methoxy groups -OCH3 is 1. The number of ether oxygens (including phenoxy) is 2. The van der Waals surface area contributed by atoms with Gasteiger partial charge >= 0.3 is 0 Å². The van der Waals surface area contributed by atoms with Crippen LogP contribution in [0.1, 0.15) is 0 Å². The van der Waals surface area contributed by atoms with Crippen molar-refractivity contribution in [2.24, 2.45) is 0 Å². The number of anilines is 1. The number of aliphatic hydroxyl groups excluding tert-OH is 1. The molecule has 2 rings (SSSR count). The van der Waals surface area contributed by atoms with E-state index in [0.717, 1.165) is 27.6 Å². The van der Waals surface area contributed by atoms with Gasteiger partial charge in [0.15, 0.2) is 0 Å². The number of halogens is 1. The van der Waals surface area contributed by atoms with Crippen LogP contribution in [0.4, 0.5) is 5.69 Å². The monoisotopic (exact) mass is 359 g/mol. The Morgan fingerprint density at radius 2 is 2.35 bits per heavy atom. The Labute approximate surface area is 129 Å². The highest BCUT2D eigenvalue weighted by atomic mass is 79.9. The molecule has 0 aliphatic heterocycles. The zero-order valence-corrected chi connectivity index (χ0v) is 13.1. The molecule has 0 spiro atoms. The summed E-state index contributed by atoms with van der Waals surface area (Å²) < 4.78 is 19.0. The van der Waals surface area contributed by atoms with E-state index in [1.54, 1.807) is 7.11 Å². The molecule has 0 aliphatic rings. The van der Waals surface area contributed by atoms with Crippen LogP contribution in [0.3, 0.4) is 0 Å². The van der Waals surface area contributed by atoms with Crippen molar-refractivity contribution in [2.75, 3.05) is 25.6 Å². The van der Waals surface area contributed by atoms with Gasteiger partial charge in [0, 0.05) is 12.2 Å². The van der Waals surface area contributed by atoms with Gasteiger partial charge in [-0.3, -0.25) is 0 Å². The number of hydrogen-bond acceptors (Lipinski definition) is 7. The lowest BCUT2D eigenvalue weighted by Crippen LogP contribution is -2.26. The second-order valence-electron chi connectivity index (χ2n) is 3.94. The first kappa shape index (κ1) is 15.0. The van der Waals surface area contributed by atoms with Gasteiger partial charge in [0.2, 0.25) is 5.88 Å². The van der Waals surface area contributed by atoms with Crippen LogP contribution in [0.15, 0.2) is 28.9 Å². The van der Waals surface area contributed by atoms with Crippen molar-refractivity contribution in [3.63, 3.8) is 0 Å². The molecule has 6 nitrogen and oxygen atoms in total. The molecule has 0 radical (unpaired) electrons. The highest BCUT2D eigenvalue weighted by molar-refractivity contribution is 9.10. The summed E-state index contributed by atoms with van der Waals surface area (Å²) in [5.41, 5.74) is 0.882. The third-order valence-corrected chi connectivity index (χ3v) is 3.54. The molecule has 0 amide bonds. The van der Waals surface area contributed by atoms with Crippen molar-refractivity contribution in [3.8, 4) is 11.6 Å². The lowest BCUT2D eigenvalue weighted by atomic mass is 10.3. The number of nitrogens with one attached hydrogen (secondary N) is 1. The molecule has 2 N–H and O–H groups in total. The first-order valence-corrected chi connectivity index (χ1v) is 7.37. The van der Waals surface area contributed by atoms with Crippen molar-refractivity contribution in [1.29, 1.82) is 0 Å². The zero-order chi connectivity index (χ0) is 14.4. The fourth-order valence-electron chi connectivity index (χ4n) is 1.47. The lowest BCUT2D eigenvalue weighted by Gasteiger charge is -2.13. The molecule has 2 aromatic rings. The standard InChI is InChI=1S/C12H14BrN3O3S/c1-18-11-3-2-8(4-10(11)13)14-5-9(17)7-19-12-6-15-20-16-12/h2-4,6,9,14,17H,5,7H2,1H3. The lowest BCUT2D eigenvalue weighted by molar-refractivity contribution is 0.115. The van der Waals surface area contributed by atoms with Gasteiger partial charge in [0.1, 0.15) is 24.7 Å². The third kappa shape index (κ3) is 4.32. The highest BCUT2D eigenvalue weighted by Gasteiger charge is 2.07. The molecule has 1 heterocycles. The number of nitrogens with zero attached hydrogens (tertiary/aromatic N) is 2. The zero-order valence-electron chi connectivity index (χ0n) is 10.7. The predicted molar refractivity (Wildman–Crippen MR) is 80.6 cm³/mol. The molecule has 0 saturated heterocycles. The molecular weight excluding hydrogens is 346 g/mol. The number of aromatic nitrogens is 2. The van der Waals surface area contributed by atoms with Crippen molar-refractivity contribution in [3.05, 3.63) is 28.9 Å². The summed E-state index contributed by atoms with van der Waals surface area (Å²) in [5, 5.41) is 12.9. The minimum absolute atomic E-state index is 0.162. The highest BCUT2D eigenvalue weighted by Crippen LogP contribution is 2.27. The molecule has 0 fully saturated rings. The van der Waals surface area contributed by atoms with E-state index in [-0.39, 0.29) is 6.61 Å². The molecule has 1 aromatic heterocycles. The van der Waals surface area contributed by atoms with E-state index >= 15 is 0 Å². The van der Waals surface area contributed by atoms with E-state index in [2.05, 4.69) is 30.0 Å². The van der Waals surface area contributed by atoms with Crippen LogP contribution in [0, 0.1) is 0 Å². The minimum Gasteiger partial charge on any atom is -0.496 e. The molecule has 1 unspecified atom stereocenters. The van der Waals surface area contributed by atoms with Crippen molar-refractivity contribution >= 4 is 33.3 Å². The first-order chi connectivity index (χ1) is 9.69. The van der Waals surface area contributed by atoms with Crippen LogP contribution in [0.2, 0.25) is 0 Å². The summed E-state index contributed by atoms with van der Waals surface area (Å²) in [6.45, 7) is 0.534. The molecule has 0 aliphatic carbocycles. The maximum atomic E-state index is 9.81. The maximum absolute atomic E-state index is 9.81. The fraction of sp³-hybridized carbons (Fsp3) is 0.333. The summed E-state index contributed by atoms with van der Waals surface area (Å²) >= 11 is 4.47. The maximum Gasteiger partial charge on any atom is 0.245 e. The number of hydrogen-bond donors (Lipinski definition) is 2. The Bertz CT molecular complexity index is 539. The van der Waals surface area contributed by atoms with Gasteiger partial charge in [0.05, 0.1) is 23.3 Å². The molecule has 1 atom stereocenters. The van der Waals surface area contributed by atoms with Crippen LogP contribution in [-0.4, -0.2) is 40.2 Å². The second-order valence-corrected chi connectivity index (χ2v) is 5.35. The molecule has 0 saturated carbocycles. The van der Waals surface area contributed by atoms with Gasteiger partial charge in [-0.2, -0.15) is 4.37 Å². The van der Waals surface area contributed by atoms with Crippen LogP contribution < -0.4 is 14.8 Å². The van der Waals surface area contributed by atoms with Crippen molar-refractivity contribution in [1.82, 2.24) is 8.75 Å². The average Bonchev–Trinajstić information content (AvgIpc) is 2.96. The average molecular weight is 360 g/mol. The minimum atomic E-state index is -0.641. The third-order valence-electron chi connectivity index (χ3n) is 2.46. The van der Waals surface area contributed by atoms with Crippen molar-refractivity contribution < 1.29 is 14.6 Å². The number of aliphatic hydroxyl groups is 1. The van der Waals surface area contributed by atoms with Crippen LogP contribution in [0.25, 0.3) is 0 Å². The van der Waals surface area contributed by atoms with Crippen molar-refractivity contribution in [2.45, 2.75) is 6.10 Å². The number of benzene rings is 1. The van der Waals surface area contributed by atoms with E-state index in [9.17, 15) is 5.11 Å². The fourth-order valence-corrected chi connectivity index (χ4v) is 2.38. The Hall–Kier alpha value is -1.38. The van der Waals surface area contributed by atoms with Gasteiger partial charge in [-0.05, 0) is 34.1 Å². The van der Waals surface area contributed by atoms with Crippen LogP contribution in [0.5, 0.6) is 11.6 Å². The SMILES string of the molecule is COc1ccc(NCC(O)COc2cnsn2)cc1Br. The summed E-state index contributed by atoms with van der Waals surface area (Å²) in [6, 6.07) is 5.61. The Morgan fingerprint density at radius 3 is 3.00 bits per heavy atom. The van der Waals surface area contributed by atoms with E-state index in [4.69, 9.17) is 9.47 Å². The quantitative estimate of drug-likeness (QED) is 0.788. The van der Waals surface area contributed by atoms with Gasteiger partial charge in [0.25, 0.3) is 0 Å². The van der Waals surface area contributed by atoms with E-state index in [0.29, 0.717) is 12.4 Å². The molecule has 1 aromatic carbocycles. The Kier molecular flexibility index (Phi) is 5.57. The topological polar surface area (TPSA) is 76.5 Å². The molecule has 20 heavy (non-hydrogen) atoms. The molecular formula is C12H14BrN3O3S. The van der Waals surface area contributed by atoms with Gasteiger partial charge in [-0.15, -0.1) is 4.37 Å². The van der Waals surface area contributed by atoms with Gasteiger partial charge in [-0.25, -0.2) is 0 Å². The molecule has 108 valence electrons. The summed E-state index contributed by atoms with van der Waals surface area (Å²) in [6.07, 6.45) is 0.878. The van der Waals surface area contributed by atoms with E-state index < -0.39 is 6.10 Å². The summed E-state index contributed by atoms with van der Waals surface area (Å²) in [4.78, 5) is 0. The van der Waals surface area contributed by atoms with Crippen LogP contribution in [-0.2, 0) is 0 Å². The Morgan fingerprint density at radius 1 is 1.50 bits per heavy atom. The molecule has 0 bridgehead atoms. The Balaban J connectivity index is 1.78. The molecule has 8 heteroatoms. The predicted octanol–water partition coefficient (Wildman–Crippen LogP) is 2.16. The van der Waals surface area contributed by atoms with E-state index in [1.807, 2.05) is 18.2 Å².